The molecule has 1 aliphatic heterocycles. The number of rotatable bonds is 3. The van der Waals surface area contributed by atoms with Crippen LogP contribution in [0.15, 0.2) is 11.6 Å². The van der Waals surface area contributed by atoms with E-state index in [0.29, 0.717) is 12.0 Å². The summed E-state index contributed by atoms with van der Waals surface area (Å²) in [6.45, 7) is 0. The van der Waals surface area contributed by atoms with Gasteiger partial charge in [-0.3, -0.25) is 14.9 Å². The van der Waals surface area contributed by atoms with Crippen molar-refractivity contribution in [2.24, 2.45) is 0 Å². The summed E-state index contributed by atoms with van der Waals surface area (Å²) in [6, 6.07) is 0. The molecule has 1 rings (SSSR count). The van der Waals surface area contributed by atoms with Crippen molar-refractivity contribution in [2.75, 3.05) is 5.75 Å². The minimum atomic E-state index is -0.302. The van der Waals surface area contributed by atoms with Gasteiger partial charge in [0.1, 0.15) is 0 Å². The van der Waals surface area contributed by atoms with Gasteiger partial charge in [0.15, 0.2) is 0 Å². The summed E-state index contributed by atoms with van der Waals surface area (Å²) in [5.41, 5.74) is 0.573. The van der Waals surface area contributed by atoms with E-state index in [1.54, 1.807) is 0 Å². The lowest BCUT2D eigenvalue weighted by atomic mass is 10.1. The van der Waals surface area contributed by atoms with Crippen molar-refractivity contribution >= 4 is 24.4 Å². The minimum absolute atomic E-state index is 0.253. The molecule has 0 aromatic heterocycles. The second-order valence-electron chi connectivity index (χ2n) is 2.32. The van der Waals surface area contributed by atoms with Crippen molar-refractivity contribution in [3.8, 4) is 0 Å². The van der Waals surface area contributed by atoms with Gasteiger partial charge in [-0.25, -0.2) is 0 Å². The third-order valence-electron chi connectivity index (χ3n) is 1.44. The zero-order valence-electron chi connectivity index (χ0n) is 5.96. The first-order chi connectivity index (χ1) is 5.24. The molecule has 0 saturated carbocycles. The molecule has 1 heterocycles. The summed E-state index contributed by atoms with van der Waals surface area (Å²) in [6.07, 6.45) is 2.82. The smallest absolute Gasteiger partial charge is 0.254 e. The van der Waals surface area contributed by atoms with Crippen LogP contribution in [0.4, 0.5) is 0 Å². The number of amides is 2. The largest absolute Gasteiger partial charge is 0.289 e. The number of nitrogens with one attached hydrogen (secondary N) is 1. The molecule has 0 saturated heterocycles. The molecule has 0 radical (unpaired) electrons. The van der Waals surface area contributed by atoms with Crippen LogP contribution < -0.4 is 5.32 Å². The van der Waals surface area contributed by atoms with Crippen LogP contribution >= 0.6 is 12.6 Å². The van der Waals surface area contributed by atoms with Gasteiger partial charge in [-0.05, 0) is 18.6 Å². The third-order valence-corrected chi connectivity index (χ3v) is 1.75. The first-order valence-corrected chi connectivity index (χ1v) is 4.04. The Hall–Kier alpha value is -0.770. The Morgan fingerprint density at radius 2 is 2.18 bits per heavy atom. The molecule has 0 aromatic rings. The summed E-state index contributed by atoms with van der Waals surface area (Å²) in [5.74, 6) is 0.180. The van der Waals surface area contributed by atoms with Gasteiger partial charge < -0.3 is 0 Å². The quantitative estimate of drug-likeness (QED) is 0.473. The van der Waals surface area contributed by atoms with Crippen molar-refractivity contribution < 1.29 is 9.59 Å². The van der Waals surface area contributed by atoms with E-state index in [1.807, 2.05) is 0 Å². The van der Waals surface area contributed by atoms with Crippen LogP contribution in [0.2, 0.25) is 0 Å². The highest BCUT2D eigenvalue weighted by atomic mass is 32.1. The Morgan fingerprint density at radius 3 is 2.64 bits per heavy atom. The van der Waals surface area contributed by atoms with Crippen LogP contribution in [0.1, 0.15) is 12.8 Å². The molecule has 0 spiro atoms. The van der Waals surface area contributed by atoms with E-state index in [1.165, 1.54) is 6.08 Å². The van der Waals surface area contributed by atoms with Gasteiger partial charge in [0.2, 0.25) is 0 Å². The maximum atomic E-state index is 10.9. The lowest BCUT2D eigenvalue weighted by Gasteiger charge is -1.95. The topological polar surface area (TPSA) is 46.2 Å². The first kappa shape index (κ1) is 8.33. The molecule has 4 heteroatoms. The predicted octanol–water partition coefficient (Wildman–Crippen LogP) is 0.279. The Kier molecular flexibility index (Phi) is 2.70. The van der Waals surface area contributed by atoms with Crippen LogP contribution in [0.25, 0.3) is 0 Å². The van der Waals surface area contributed by atoms with E-state index in [9.17, 15) is 9.59 Å². The van der Waals surface area contributed by atoms with E-state index in [4.69, 9.17) is 0 Å². The number of thiol groups is 1. The highest BCUT2D eigenvalue weighted by Gasteiger charge is 2.19. The van der Waals surface area contributed by atoms with Gasteiger partial charge in [-0.15, -0.1) is 0 Å². The molecule has 0 aromatic carbocycles. The molecule has 0 aliphatic carbocycles. The van der Waals surface area contributed by atoms with E-state index < -0.39 is 0 Å². The number of carbonyl (C=O) groups is 2. The average molecular weight is 171 g/mol. The van der Waals surface area contributed by atoms with Crippen LogP contribution in [0.5, 0.6) is 0 Å². The molecule has 60 valence electrons. The fourth-order valence-electron chi connectivity index (χ4n) is 0.907. The Morgan fingerprint density at radius 1 is 1.45 bits per heavy atom. The normalized spacial score (nSPS) is 16.6. The van der Waals surface area contributed by atoms with Crippen LogP contribution in [0, 0.1) is 0 Å². The molecule has 1 aliphatic rings. The number of hydrogen-bond acceptors (Lipinski definition) is 3. The molecule has 3 nitrogen and oxygen atoms in total. The first-order valence-electron chi connectivity index (χ1n) is 3.41. The molecule has 11 heavy (non-hydrogen) atoms. The van der Waals surface area contributed by atoms with Crippen molar-refractivity contribution in [1.82, 2.24) is 5.32 Å². The lowest BCUT2D eigenvalue weighted by molar-refractivity contribution is -0.123. The van der Waals surface area contributed by atoms with Crippen molar-refractivity contribution in [3.05, 3.63) is 11.6 Å². The standard InChI is InChI=1S/C7H9NO2S/c9-6-4-5(2-1-3-11)7(10)8-6/h4,11H,1-3H2,(H,8,9,10). The average Bonchev–Trinajstić information content (AvgIpc) is 2.26. The van der Waals surface area contributed by atoms with Gasteiger partial charge in [0, 0.05) is 11.6 Å². The molecule has 0 atom stereocenters. The highest BCUT2D eigenvalue weighted by Crippen LogP contribution is 2.09. The van der Waals surface area contributed by atoms with Gasteiger partial charge >= 0.3 is 0 Å². The van der Waals surface area contributed by atoms with Crippen LogP contribution in [-0.4, -0.2) is 17.6 Å². The maximum Gasteiger partial charge on any atom is 0.254 e. The molecule has 2 amide bonds. The summed E-state index contributed by atoms with van der Waals surface area (Å²) < 4.78 is 0. The summed E-state index contributed by atoms with van der Waals surface area (Å²) in [5, 5.41) is 2.18. The zero-order valence-corrected chi connectivity index (χ0v) is 6.86. The van der Waals surface area contributed by atoms with Crippen LogP contribution in [-0.2, 0) is 9.59 Å². The van der Waals surface area contributed by atoms with Gasteiger partial charge in [-0.2, -0.15) is 12.6 Å². The molecular weight excluding hydrogens is 162 g/mol. The Balaban J connectivity index is 2.50. The van der Waals surface area contributed by atoms with E-state index >= 15 is 0 Å². The molecule has 0 fully saturated rings. The van der Waals surface area contributed by atoms with E-state index in [0.717, 1.165) is 12.2 Å². The monoisotopic (exact) mass is 171 g/mol. The van der Waals surface area contributed by atoms with E-state index in [-0.39, 0.29) is 11.8 Å². The fraction of sp³-hybridized carbons (Fsp3) is 0.429. The van der Waals surface area contributed by atoms with Crippen LogP contribution in [0.3, 0.4) is 0 Å². The second kappa shape index (κ2) is 3.57. The summed E-state index contributed by atoms with van der Waals surface area (Å²) in [4.78, 5) is 21.5. The Bertz CT molecular complexity index is 222. The highest BCUT2D eigenvalue weighted by molar-refractivity contribution is 7.80. The number of imide groups is 1. The number of carbonyl (C=O) groups excluding carboxylic acids is 2. The fourth-order valence-corrected chi connectivity index (χ4v) is 1.07. The molecule has 1 N–H and O–H groups in total. The van der Waals surface area contributed by atoms with Crippen molar-refractivity contribution in [2.45, 2.75) is 12.8 Å². The SMILES string of the molecule is O=C1C=C(CCCS)C(=O)N1. The van der Waals surface area contributed by atoms with Crippen molar-refractivity contribution in [1.29, 1.82) is 0 Å². The van der Waals surface area contributed by atoms with Crippen molar-refractivity contribution in [3.63, 3.8) is 0 Å². The minimum Gasteiger partial charge on any atom is -0.289 e. The second-order valence-corrected chi connectivity index (χ2v) is 2.76. The molecule has 0 unspecified atom stereocenters. The zero-order chi connectivity index (χ0) is 8.27. The number of hydrogen-bond donors (Lipinski definition) is 2. The maximum absolute atomic E-state index is 10.9. The molecular formula is C7H9NO2S. The van der Waals surface area contributed by atoms with Gasteiger partial charge in [-0.1, -0.05) is 0 Å². The third kappa shape index (κ3) is 2.08. The lowest BCUT2D eigenvalue weighted by Crippen LogP contribution is -2.22. The predicted molar refractivity (Wildman–Crippen MR) is 44.3 cm³/mol. The van der Waals surface area contributed by atoms with Gasteiger partial charge in [0.05, 0.1) is 0 Å². The van der Waals surface area contributed by atoms with Gasteiger partial charge in [0.25, 0.3) is 11.8 Å². The summed E-state index contributed by atoms with van der Waals surface area (Å²) in [7, 11) is 0. The summed E-state index contributed by atoms with van der Waals surface area (Å²) >= 11 is 4.00. The molecule has 0 bridgehead atoms. The Labute approximate surface area is 70.3 Å². The van der Waals surface area contributed by atoms with E-state index in [2.05, 4.69) is 17.9 Å².